The molecule has 108 valence electrons. The molecule has 0 unspecified atom stereocenters. The van der Waals surface area contributed by atoms with E-state index in [9.17, 15) is 4.79 Å². The Morgan fingerprint density at radius 1 is 1.16 bits per heavy atom. The van der Waals surface area contributed by atoms with Gasteiger partial charge in [-0.3, -0.25) is 0 Å². The Hall–Kier alpha value is -1.31. The fourth-order valence-corrected chi connectivity index (χ4v) is 1.59. The molecule has 0 fully saturated rings. The number of ether oxygens (including phenoxy) is 1. The zero-order valence-corrected chi connectivity index (χ0v) is 12.8. The second kappa shape index (κ2) is 11.8. The third-order valence-corrected chi connectivity index (χ3v) is 2.69. The van der Waals surface area contributed by atoms with Crippen LogP contribution in [0.2, 0.25) is 0 Å². The van der Waals surface area contributed by atoms with Crippen LogP contribution in [-0.4, -0.2) is 12.6 Å². The molecule has 19 heavy (non-hydrogen) atoms. The smallest absolute Gasteiger partial charge is 0.330 e. The number of esters is 1. The largest absolute Gasteiger partial charge is 0.463 e. The predicted octanol–water partition coefficient (Wildman–Crippen LogP) is 4.82. The molecule has 0 N–H and O–H groups in total. The standard InChI is InChI=1S/C17H28O2/c1-5-19-17(18)14-13-16(4)12-10-8-6-7-9-11-15(2)3/h6,8,11,13-14,16H,5,7,9-10,12H2,1-4H3/b8-6+,14-13+/t16-/m0/s1. The van der Waals surface area contributed by atoms with Gasteiger partial charge in [-0.2, -0.15) is 0 Å². The second-order valence-electron chi connectivity index (χ2n) is 5.00. The Morgan fingerprint density at radius 2 is 1.84 bits per heavy atom. The molecule has 0 aliphatic heterocycles. The molecule has 0 heterocycles. The van der Waals surface area contributed by atoms with Crippen molar-refractivity contribution in [3.63, 3.8) is 0 Å². The molecular weight excluding hydrogens is 236 g/mol. The molecule has 2 heteroatoms. The molecule has 0 rings (SSSR count). The average Bonchev–Trinajstić information content (AvgIpc) is 2.35. The highest BCUT2D eigenvalue weighted by molar-refractivity contribution is 5.81. The molecule has 0 aliphatic carbocycles. The second-order valence-corrected chi connectivity index (χ2v) is 5.00. The van der Waals surface area contributed by atoms with Crippen molar-refractivity contribution >= 4 is 5.97 Å². The summed E-state index contributed by atoms with van der Waals surface area (Å²) in [6.45, 7) is 8.62. The molecule has 0 aromatic rings. The van der Waals surface area contributed by atoms with Gasteiger partial charge in [0.2, 0.25) is 0 Å². The number of carbonyl (C=O) groups excluding carboxylic acids is 1. The number of rotatable bonds is 9. The van der Waals surface area contributed by atoms with Crippen LogP contribution >= 0.6 is 0 Å². The van der Waals surface area contributed by atoms with Crippen LogP contribution in [0.4, 0.5) is 0 Å². The minimum absolute atomic E-state index is 0.244. The van der Waals surface area contributed by atoms with Gasteiger partial charge in [0.1, 0.15) is 0 Å². The average molecular weight is 264 g/mol. The van der Waals surface area contributed by atoms with Crippen LogP contribution < -0.4 is 0 Å². The van der Waals surface area contributed by atoms with Gasteiger partial charge in [-0.05, 0) is 52.4 Å². The zero-order valence-electron chi connectivity index (χ0n) is 12.8. The van der Waals surface area contributed by atoms with E-state index in [1.165, 1.54) is 11.6 Å². The van der Waals surface area contributed by atoms with E-state index in [0.29, 0.717) is 12.5 Å². The summed E-state index contributed by atoms with van der Waals surface area (Å²) in [5, 5.41) is 0. The first-order valence-corrected chi connectivity index (χ1v) is 7.19. The fourth-order valence-electron chi connectivity index (χ4n) is 1.59. The Labute approximate surface area is 118 Å². The maximum absolute atomic E-state index is 11.1. The van der Waals surface area contributed by atoms with Crippen LogP contribution in [0.15, 0.2) is 36.0 Å². The Bertz CT molecular complexity index is 320. The van der Waals surface area contributed by atoms with Crippen LogP contribution in [0.3, 0.4) is 0 Å². The minimum atomic E-state index is -0.244. The van der Waals surface area contributed by atoms with Crippen molar-refractivity contribution in [3.05, 3.63) is 36.0 Å². The summed E-state index contributed by atoms with van der Waals surface area (Å²) in [5.41, 5.74) is 1.38. The predicted molar refractivity (Wildman–Crippen MR) is 82.0 cm³/mol. The lowest BCUT2D eigenvalue weighted by Gasteiger charge is -2.02. The van der Waals surface area contributed by atoms with Crippen LogP contribution in [0.5, 0.6) is 0 Å². The van der Waals surface area contributed by atoms with E-state index in [2.05, 4.69) is 39.0 Å². The van der Waals surface area contributed by atoms with Crippen LogP contribution in [0.1, 0.15) is 53.4 Å². The number of unbranched alkanes of at least 4 members (excludes halogenated alkanes) is 1. The van der Waals surface area contributed by atoms with Crippen molar-refractivity contribution in [3.8, 4) is 0 Å². The minimum Gasteiger partial charge on any atom is -0.463 e. The van der Waals surface area contributed by atoms with Crippen molar-refractivity contribution in [2.24, 2.45) is 5.92 Å². The summed E-state index contributed by atoms with van der Waals surface area (Å²) in [4.78, 5) is 11.1. The van der Waals surface area contributed by atoms with Gasteiger partial charge in [0.25, 0.3) is 0 Å². The first kappa shape index (κ1) is 17.7. The molecule has 0 aromatic heterocycles. The highest BCUT2D eigenvalue weighted by Crippen LogP contribution is 2.08. The van der Waals surface area contributed by atoms with E-state index in [1.807, 2.05) is 13.0 Å². The lowest BCUT2D eigenvalue weighted by Crippen LogP contribution is -2.00. The van der Waals surface area contributed by atoms with Crippen LogP contribution in [-0.2, 0) is 9.53 Å². The van der Waals surface area contributed by atoms with Crippen LogP contribution in [0.25, 0.3) is 0 Å². The maximum atomic E-state index is 11.1. The van der Waals surface area contributed by atoms with E-state index in [-0.39, 0.29) is 5.97 Å². The van der Waals surface area contributed by atoms with Gasteiger partial charge in [0, 0.05) is 6.08 Å². The Morgan fingerprint density at radius 3 is 2.47 bits per heavy atom. The summed E-state index contributed by atoms with van der Waals surface area (Å²) in [5.74, 6) is 0.165. The molecular formula is C17H28O2. The van der Waals surface area contributed by atoms with Gasteiger partial charge in [0.05, 0.1) is 6.61 Å². The number of hydrogen-bond donors (Lipinski definition) is 0. The molecule has 0 radical (unpaired) electrons. The molecule has 0 spiro atoms. The molecule has 0 aliphatic rings. The van der Waals surface area contributed by atoms with E-state index in [4.69, 9.17) is 4.74 Å². The SMILES string of the molecule is CCOC(=O)/C=C/[C@@H](C)CC/C=C/CCC=C(C)C. The summed E-state index contributed by atoms with van der Waals surface area (Å²) in [6.07, 6.45) is 14.5. The topological polar surface area (TPSA) is 26.3 Å². The summed E-state index contributed by atoms with van der Waals surface area (Å²) >= 11 is 0. The van der Waals surface area contributed by atoms with Crippen molar-refractivity contribution in [1.29, 1.82) is 0 Å². The molecule has 0 saturated heterocycles. The lowest BCUT2D eigenvalue weighted by molar-refractivity contribution is -0.137. The molecule has 2 nitrogen and oxygen atoms in total. The van der Waals surface area contributed by atoms with E-state index in [1.54, 1.807) is 0 Å². The summed E-state index contributed by atoms with van der Waals surface area (Å²) in [7, 11) is 0. The lowest BCUT2D eigenvalue weighted by atomic mass is 10.0. The molecule has 1 atom stereocenters. The van der Waals surface area contributed by atoms with E-state index in [0.717, 1.165) is 25.7 Å². The van der Waals surface area contributed by atoms with Crippen molar-refractivity contribution in [2.45, 2.75) is 53.4 Å². The monoisotopic (exact) mass is 264 g/mol. The van der Waals surface area contributed by atoms with Crippen molar-refractivity contribution in [1.82, 2.24) is 0 Å². The summed E-state index contributed by atoms with van der Waals surface area (Å²) in [6, 6.07) is 0. The Balaban J connectivity index is 3.68. The van der Waals surface area contributed by atoms with Gasteiger partial charge < -0.3 is 4.74 Å². The normalized spacial score (nSPS) is 12.8. The fraction of sp³-hybridized carbons (Fsp3) is 0.588. The van der Waals surface area contributed by atoms with Crippen molar-refractivity contribution in [2.75, 3.05) is 6.61 Å². The third-order valence-electron chi connectivity index (χ3n) is 2.69. The van der Waals surface area contributed by atoms with Gasteiger partial charge in [-0.15, -0.1) is 0 Å². The number of allylic oxidation sites excluding steroid dienone is 5. The van der Waals surface area contributed by atoms with Crippen LogP contribution in [0, 0.1) is 5.92 Å². The van der Waals surface area contributed by atoms with E-state index >= 15 is 0 Å². The maximum Gasteiger partial charge on any atom is 0.330 e. The van der Waals surface area contributed by atoms with Gasteiger partial charge in [-0.25, -0.2) is 4.79 Å². The first-order chi connectivity index (χ1) is 9.06. The quantitative estimate of drug-likeness (QED) is 0.258. The van der Waals surface area contributed by atoms with Gasteiger partial charge in [0.15, 0.2) is 0 Å². The van der Waals surface area contributed by atoms with Gasteiger partial charge >= 0.3 is 5.97 Å². The molecule has 0 bridgehead atoms. The number of carbonyl (C=O) groups is 1. The zero-order chi connectivity index (χ0) is 14.5. The number of hydrogen-bond acceptors (Lipinski definition) is 2. The van der Waals surface area contributed by atoms with E-state index < -0.39 is 0 Å². The Kier molecular flexibility index (Phi) is 11.0. The molecule has 0 aromatic carbocycles. The molecule has 0 amide bonds. The molecule has 0 saturated carbocycles. The first-order valence-electron chi connectivity index (χ1n) is 7.19. The van der Waals surface area contributed by atoms with Gasteiger partial charge in [-0.1, -0.05) is 36.8 Å². The van der Waals surface area contributed by atoms with Crippen molar-refractivity contribution < 1.29 is 9.53 Å². The highest BCUT2D eigenvalue weighted by atomic mass is 16.5. The third kappa shape index (κ3) is 12.9. The summed E-state index contributed by atoms with van der Waals surface area (Å²) < 4.78 is 4.84. The highest BCUT2D eigenvalue weighted by Gasteiger charge is 1.98.